The van der Waals surface area contributed by atoms with Gasteiger partial charge in [-0.2, -0.15) is 10.2 Å². The average molecular weight is 211 g/mol. The molecule has 0 atom stereocenters. The molecule has 1 aromatic heterocycles. The summed E-state index contributed by atoms with van der Waals surface area (Å²) in [6.07, 6.45) is 1.56. The van der Waals surface area contributed by atoms with E-state index in [9.17, 15) is 0 Å². The second-order valence-electron chi connectivity index (χ2n) is 3.08. The number of nitrogens with zero attached hydrogens (tertiary/aromatic N) is 3. The first-order chi connectivity index (χ1) is 7.79. The SMILES string of the molecule is N#Cc1ccccc1Nc1ccnc(N)n1. The molecule has 16 heavy (non-hydrogen) atoms. The lowest BCUT2D eigenvalue weighted by molar-refractivity contribution is 1.18. The Morgan fingerprint density at radius 2 is 2.06 bits per heavy atom. The Bertz CT molecular complexity index is 544. The maximum absolute atomic E-state index is 8.90. The Hall–Kier alpha value is -2.61. The molecule has 5 nitrogen and oxygen atoms in total. The first-order valence-electron chi connectivity index (χ1n) is 4.64. The van der Waals surface area contributed by atoms with Crippen molar-refractivity contribution in [3.05, 3.63) is 42.1 Å². The zero-order chi connectivity index (χ0) is 11.4. The molecule has 0 fully saturated rings. The number of rotatable bonds is 2. The Morgan fingerprint density at radius 3 is 2.81 bits per heavy atom. The van der Waals surface area contributed by atoms with Gasteiger partial charge in [-0.15, -0.1) is 0 Å². The number of nitrogen functional groups attached to an aromatic ring is 1. The highest BCUT2D eigenvalue weighted by atomic mass is 15.1. The second kappa shape index (κ2) is 4.28. The largest absolute Gasteiger partial charge is 0.368 e. The predicted octanol–water partition coefficient (Wildman–Crippen LogP) is 1.67. The molecule has 1 heterocycles. The maximum atomic E-state index is 8.90. The van der Waals surface area contributed by atoms with Crippen LogP contribution in [0.1, 0.15) is 5.56 Å². The summed E-state index contributed by atoms with van der Waals surface area (Å²) >= 11 is 0. The van der Waals surface area contributed by atoms with Gasteiger partial charge in [0, 0.05) is 6.20 Å². The fourth-order valence-electron chi connectivity index (χ4n) is 1.27. The van der Waals surface area contributed by atoms with Crippen LogP contribution in [0.5, 0.6) is 0 Å². The van der Waals surface area contributed by atoms with E-state index in [1.54, 1.807) is 30.5 Å². The van der Waals surface area contributed by atoms with E-state index < -0.39 is 0 Å². The first-order valence-corrected chi connectivity index (χ1v) is 4.64. The minimum absolute atomic E-state index is 0.194. The van der Waals surface area contributed by atoms with Gasteiger partial charge in [-0.05, 0) is 18.2 Å². The van der Waals surface area contributed by atoms with Crippen LogP contribution in [0.4, 0.5) is 17.5 Å². The average Bonchev–Trinajstić information content (AvgIpc) is 2.30. The first kappa shape index (κ1) is 9.93. The highest BCUT2D eigenvalue weighted by Gasteiger charge is 2.01. The van der Waals surface area contributed by atoms with E-state index in [0.29, 0.717) is 17.1 Å². The number of hydrogen-bond acceptors (Lipinski definition) is 5. The van der Waals surface area contributed by atoms with Gasteiger partial charge in [-0.25, -0.2) is 4.98 Å². The van der Waals surface area contributed by atoms with E-state index in [2.05, 4.69) is 21.4 Å². The molecule has 0 radical (unpaired) electrons. The predicted molar refractivity (Wildman–Crippen MR) is 60.9 cm³/mol. The molecule has 3 N–H and O–H groups in total. The third-order valence-corrected chi connectivity index (χ3v) is 1.98. The van der Waals surface area contributed by atoms with Gasteiger partial charge in [0.2, 0.25) is 5.95 Å². The van der Waals surface area contributed by atoms with Crippen molar-refractivity contribution in [3.8, 4) is 6.07 Å². The molecular formula is C11H9N5. The summed E-state index contributed by atoms with van der Waals surface area (Å²) in [6.45, 7) is 0. The number of nitrogens with one attached hydrogen (secondary N) is 1. The van der Waals surface area contributed by atoms with E-state index in [0.717, 1.165) is 0 Å². The number of benzene rings is 1. The molecule has 0 bridgehead atoms. The van der Waals surface area contributed by atoms with E-state index in [1.807, 2.05) is 6.07 Å². The summed E-state index contributed by atoms with van der Waals surface area (Å²) < 4.78 is 0. The summed E-state index contributed by atoms with van der Waals surface area (Å²) in [4.78, 5) is 7.78. The van der Waals surface area contributed by atoms with Gasteiger partial charge in [0.25, 0.3) is 0 Å². The van der Waals surface area contributed by atoms with Crippen LogP contribution in [0.25, 0.3) is 0 Å². The number of nitrogens with two attached hydrogens (primary N) is 1. The van der Waals surface area contributed by atoms with E-state index in [-0.39, 0.29) is 5.95 Å². The Kier molecular flexibility index (Phi) is 2.65. The molecule has 0 spiro atoms. The molecule has 0 aliphatic rings. The van der Waals surface area contributed by atoms with Gasteiger partial charge in [0.1, 0.15) is 11.9 Å². The van der Waals surface area contributed by atoms with Gasteiger partial charge < -0.3 is 11.1 Å². The molecule has 78 valence electrons. The van der Waals surface area contributed by atoms with Crippen LogP contribution < -0.4 is 11.1 Å². The fraction of sp³-hybridized carbons (Fsp3) is 0. The molecule has 0 saturated carbocycles. The highest BCUT2D eigenvalue weighted by molar-refractivity contribution is 5.64. The molecule has 0 aliphatic heterocycles. The lowest BCUT2D eigenvalue weighted by Gasteiger charge is -2.06. The summed E-state index contributed by atoms with van der Waals surface area (Å²) in [5.74, 6) is 0.759. The van der Waals surface area contributed by atoms with E-state index in [1.165, 1.54) is 0 Å². The molecule has 0 amide bonds. The lowest BCUT2D eigenvalue weighted by Crippen LogP contribution is -2.00. The minimum atomic E-state index is 0.194. The minimum Gasteiger partial charge on any atom is -0.368 e. The van der Waals surface area contributed by atoms with Crippen LogP contribution in [-0.4, -0.2) is 9.97 Å². The molecule has 0 unspecified atom stereocenters. The highest BCUT2D eigenvalue weighted by Crippen LogP contribution is 2.18. The van der Waals surface area contributed by atoms with Gasteiger partial charge in [0.05, 0.1) is 11.3 Å². The second-order valence-corrected chi connectivity index (χ2v) is 3.08. The molecule has 2 aromatic rings. The van der Waals surface area contributed by atoms with Crippen molar-refractivity contribution < 1.29 is 0 Å². The van der Waals surface area contributed by atoms with Crippen LogP contribution in [0, 0.1) is 11.3 Å². The Morgan fingerprint density at radius 1 is 1.25 bits per heavy atom. The van der Waals surface area contributed by atoms with Gasteiger partial charge in [-0.1, -0.05) is 12.1 Å². The van der Waals surface area contributed by atoms with Crippen molar-refractivity contribution in [2.45, 2.75) is 0 Å². The van der Waals surface area contributed by atoms with E-state index >= 15 is 0 Å². The van der Waals surface area contributed by atoms with Crippen molar-refractivity contribution in [1.29, 1.82) is 5.26 Å². The van der Waals surface area contributed by atoms with Crippen LogP contribution >= 0.6 is 0 Å². The molecule has 2 rings (SSSR count). The van der Waals surface area contributed by atoms with E-state index in [4.69, 9.17) is 11.0 Å². The van der Waals surface area contributed by atoms with Crippen LogP contribution in [0.2, 0.25) is 0 Å². The van der Waals surface area contributed by atoms with Crippen molar-refractivity contribution in [3.63, 3.8) is 0 Å². The topological polar surface area (TPSA) is 87.6 Å². The summed E-state index contributed by atoms with van der Waals surface area (Å²) in [6, 6.07) is 11.0. The monoisotopic (exact) mass is 211 g/mol. The third-order valence-electron chi connectivity index (χ3n) is 1.98. The molecule has 5 heteroatoms. The number of anilines is 3. The number of aromatic nitrogens is 2. The van der Waals surface area contributed by atoms with Crippen molar-refractivity contribution in [2.24, 2.45) is 0 Å². The third kappa shape index (κ3) is 2.07. The number of para-hydroxylation sites is 1. The fourth-order valence-corrected chi connectivity index (χ4v) is 1.27. The lowest BCUT2D eigenvalue weighted by atomic mass is 10.2. The Balaban J connectivity index is 2.31. The van der Waals surface area contributed by atoms with Crippen molar-refractivity contribution >= 4 is 17.5 Å². The van der Waals surface area contributed by atoms with Crippen molar-refractivity contribution in [2.75, 3.05) is 11.1 Å². The normalized spacial score (nSPS) is 9.44. The van der Waals surface area contributed by atoms with Crippen LogP contribution in [0.15, 0.2) is 36.5 Å². The summed E-state index contributed by atoms with van der Waals surface area (Å²) in [5.41, 5.74) is 6.71. The number of nitriles is 1. The zero-order valence-corrected chi connectivity index (χ0v) is 8.38. The van der Waals surface area contributed by atoms with Crippen molar-refractivity contribution in [1.82, 2.24) is 9.97 Å². The maximum Gasteiger partial charge on any atom is 0.221 e. The van der Waals surface area contributed by atoms with Crippen LogP contribution in [0.3, 0.4) is 0 Å². The Labute approximate surface area is 92.6 Å². The molecule has 0 aliphatic carbocycles. The molecule has 0 saturated heterocycles. The van der Waals surface area contributed by atoms with Crippen LogP contribution in [-0.2, 0) is 0 Å². The van der Waals surface area contributed by atoms with Gasteiger partial charge in [-0.3, -0.25) is 0 Å². The van der Waals surface area contributed by atoms with Gasteiger partial charge >= 0.3 is 0 Å². The smallest absolute Gasteiger partial charge is 0.221 e. The molecular weight excluding hydrogens is 202 g/mol. The standard InChI is InChI=1S/C11H9N5/c12-7-8-3-1-2-4-9(8)15-10-5-6-14-11(13)16-10/h1-6H,(H3,13,14,15,16). The molecule has 1 aromatic carbocycles. The zero-order valence-electron chi connectivity index (χ0n) is 8.38. The summed E-state index contributed by atoms with van der Waals surface area (Å²) in [5, 5.41) is 11.9. The quantitative estimate of drug-likeness (QED) is 0.788. The summed E-state index contributed by atoms with van der Waals surface area (Å²) in [7, 11) is 0. The number of hydrogen-bond donors (Lipinski definition) is 2. The van der Waals surface area contributed by atoms with Gasteiger partial charge in [0.15, 0.2) is 0 Å².